The molecule has 1 aromatic carbocycles. The maximum absolute atomic E-state index is 12.6. The molecule has 0 aromatic heterocycles. The molecule has 0 heterocycles. The molecule has 6 nitrogen and oxygen atoms in total. The molecular weight excluding hydrogens is 318 g/mol. The minimum Gasteiger partial charge on any atom is -0.383 e. The van der Waals surface area contributed by atoms with Crippen LogP contribution < -0.4 is 10.2 Å². The third kappa shape index (κ3) is 9.22. The third-order valence-electron chi connectivity index (χ3n) is 3.56. The Hall–Kier alpha value is -1.92. The lowest BCUT2D eigenvalue weighted by atomic mass is 10.1. The number of quaternary nitrogens is 1. The van der Waals surface area contributed by atoms with Crippen molar-refractivity contribution < 1.29 is 19.2 Å². The van der Waals surface area contributed by atoms with Crippen molar-refractivity contribution in [2.24, 2.45) is 0 Å². The Balaban J connectivity index is 2.60. The van der Waals surface area contributed by atoms with E-state index in [9.17, 15) is 9.59 Å². The van der Waals surface area contributed by atoms with Gasteiger partial charge in [0.15, 0.2) is 13.1 Å². The van der Waals surface area contributed by atoms with Crippen molar-refractivity contribution in [1.29, 1.82) is 0 Å². The number of carbonyl (C=O) groups excluding carboxylic acids is 2. The smallest absolute Gasteiger partial charge is 0.278 e. The first kappa shape index (κ1) is 21.1. The Morgan fingerprint density at radius 2 is 1.80 bits per heavy atom. The quantitative estimate of drug-likeness (QED) is 0.664. The summed E-state index contributed by atoms with van der Waals surface area (Å²) in [5.74, 6) is -0.0359. The summed E-state index contributed by atoms with van der Waals surface area (Å²) in [6.07, 6.45) is 0. The van der Waals surface area contributed by atoms with Gasteiger partial charge in [-0.25, -0.2) is 0 Å². The number of nitrogens with one attached hydrogen (secondary N) is 2. The summed E-state index contributed by atoms with van der Waals surface area (Å²) in [5.41, 5.74) is 0.814. The largest absolute Gasteiger partial charge is 0.383 e. The predicted octanol–water partition coefficient (Wildman–Crippen LogP) is 0.0910. The molecule has 0 spiro atoms. The molecule has 0 fully saturated rings. The number of hydrogen-bond donors (Lipinski definition) is 2. The molecule has 1 rings (SSSR count). The van der Waals surface area contributed by atoms with Gasteiger partial charge in [0.25, 0.3) is 11.8 Å². The Labute approximate surface area is 151 Å². The fourth-order valence-corrected chi connectivity index (χ4v) is 2.47. The van der Waals surface area contributed by atoms with Crippen LogP contribution in [0.5, 0.6) is 0 Å². The third-order valence-corrected chi connectivity index (χ3v) is 3.56. The molecule has 1 aromatic rings. The van der Waals surface area contributed by atoms with Crippen molar-refractivity contribution in [3.63, 3.8) is 0 Å². The molecule has 0 aliphatic heterocycles. The van der Waals surface area contributed by atoms with Gasteiger partial charge in [0.05, 0.1) is 13.7 Å². The number of benzene rings is 1. The topological polar surface area (TPSA) is 63.1 Å². The minimum absolute atomic E-state index is 0.0157. The van der Waals surface area contributed by atoms with E-state index in [-0.39, 0.29) is 30.4 Å². The Morgan fingerprint density at radius 1 is 1.16 bits per heavy atom. The number of amides is 2. The summed E-state index contributed by atoms with van der Waals surface area (Å²) in [4.78, 5) is 27.3. The molecule has 0 aliphatic rings. The molecule has 0 saturated carbocycles. The molecule has 0 bridgehead atoms. The first-order valence-electron chi connectivity index (χ1n) is 8.64. The first-order valence-corrected chi connectivity index (χ1v) is 8.64. The Morgan fingerprint density at radius 3 is 2.36 bits per heavy atom. The van der Waals surface area contributed by atoms with E-state index in [4.69, 9.17) is 4.74 Å². The summed E-state index contributed by atoms with van der Waals surface area (Å²) in [7, 11) is 3.48. The summed E-state index contributed by atoms with van der Waals surface area (Å²) in [6.45, 7) is 7.94. The number of likely N-dealkylation sites (N-methyl/N-ethyl adjacent to an activating group) is 1. The van der Waals surface area contributed by atoms with Crippen LogP contribution in [0.25, 0.3) is 0 Å². The molecule has 1 atom stereocenters. The number of hydrogen-bond acceptors (Lipinski definition) is 3. The van der Waals surface area contributed by atoms with Crippen LogP contribution >= 0.6 is 0 Å². The van der Waals surface area contributed by atoms with E-state index in [2.05, 4.69) is 5.32 Å². The Bertz CT molecular complexity index is 541. The number of nitrogens with zero attached hydrogens (tertiary/aromatic N) is 1. The number of rotatable bonds is 9. The monoisotopic (exact) mass is 350 g/mol. The molecule has 1 unspecified atom stereocenters. The van der Waals surface area contributed by atoms with Crippen LogP contribution in [0.1, 0.15) is 26.3 Å². The SMILES string of the molecule is COCCN(Cc1ccccc1)C(=O)C[NH+](C)CC(=O)NC(C)(C)C. The van der Waals surface area contributed by atoms with Gasteiger partial charge in [-0.1, -0.05) is 30.3 Å². The fourth-order valence-electron chi connectivity index (χ4n) is 2.47. The van der Waals surface area contributed by atoms with Crippen LogP contribution in [0.15, 0.2) is 30.3 Å². The van der Waals surface area contributed by atoms with E-state index in [1.54, 1.807) is 12.0 Å². The highest BCUT2D eigenvalue weighted by atomic mass is 16.5. The van der Waals surface area contributed by atoms with E-state index in [1.165, 1.54) is 0 Å². The van der Waals surface area contributed by atoms with Crippen molar-refractivity contribution in [2.75, 3.05) is 40.4 Å². The van der Waals surface area contributed by atoms with Gasteiger partial charge in [0.2, 0.25) is 0 Å². The highest BCUT2D eigenvalue weighted by molar-refractivity contribution is 5.79. The average molecular weight is 350 g/mol. The molecule has 6 heteroatoms. The molecule has 0 saturated heterocycles. The standard InChI is InChI=1S/C19H31N3O3/c1-19(2,3)20-17(23)14-21(4)15-18(24)22(11-12-25-5)13-16-9-7-6-8-10-16/h6-10H,11-15H2,1-5H3,(H,20,23)/p+1. The van der Waals surface area contributed by atoms with Gasteiger partial charge in [0.1, 0.15) is 0 Å². The van der Waals surface area contributed by atoms with Gasteiger partial charge in [-0.3, -0.25) is 9.59 Å². The first-order chi connectivity index (χ1) is 11.7. The second-order valence-electron chi connectivity index (χ2n) is 7.40. The van der Waals surface area contributed by atoms with Crippen LogP contribution in [-0.4, -0.2) is 62.7 Å². The van der Waals surface area contributed by atoms with Crippen molar-refractivity contribution in [3.05, 3.63) is 35.9 Å². The van der Waals surface area contributed by atoms with Crippen LogP contribution in [0, 0.1) is 0 Å². The average Bonchev–Trinajstić information content (AvgIpc) is 2.50. The molecule has 0 radical (unpaired) electrons. The molecule has 140 valence electrons. The highest BCUT2D eigenvalue weighted by Gasteiger charge is 2.21. The van der Waals surface area contributed by atoms with Gasteiger partial charge < -0.3 is 19.9 Å². The second-order valence-corrected chi connectivity index (χ2v) is 7.40. The normalized spacial score (nSPS) is 12.5. The maximum atomic E-state index is 12.6. The summed E-state index contributed by atoms with van der Waals surface area (Å²) in [6, 6.07) is 9.88. The lowest BCUT2D eigenvalue weighted by Gasteiger charge is -2.25. The predicted molar refractivity (Wildman–Crippen MR) is 98.3 cm³/mol. The molecular formula is C19H32N3O3+. The van der Waals surface area contributed by atoms with Crippen molar-refractivity contribution in [2.45, 2.75) is 32.9 Å². The van der Waals surface area contributed by atoms with E-state index >= 15 is 0 Å². The highest BCUT2D eigenvalue weighted by Crippen LogP contribution is 2.04. The van der Waals surface area contributed by atoms with Crippen LogP contribution in [0.3, 0.4) is 0 Å². The fraction of sp³-hybridized carbons (Fsp3) is 0.579. The second kappa shape index (κ2) is 10.2. The van der Waals surface area contributed by atoms with E-state index in [0.717, 1.165) is 10.5 Å². The van der Waals surface area contributed by atoms with Gasteiger partial charge in [-0.05, 0) is 26.3 Å². The lowest BCUT2D eigenvalue weighted by molar-refractivity contribution is -0.863. The van der Waals surface area contributed by atoms with E-state index < -0.39 is 0 Å². The zero-order valence-corrected chi connectivity index (χ0v) is 16.1. The van der Waals surface area contributed by atoms with Crippen LogP contribution in [0.4, 0.5) is 0 Å². The number of methoxy groups -OCH3 is 1. The summed E-state index contributed by atoms with van der Waals surface area (Å²) < 4.78 is 5.12. The summed E-state index contributed by atoms with van der Waals surface area (Å²) in [5, 5.41) is 2.92. The minimum atomic E-state index is -0.265. The zero-order valence-electron chi connectivity index (χ0n) is 16.1. The van der Waals surface area contributed by atoms with Gasteiger partial charge >= 0.3 is 0 Å². The van der Waals surface area contributed by atoms with Gasteiger partial charge in [-0.15, -0.1) is 0 Å². The van der Waals surface area contributed by atoms with Crippen molar-refractivity contribution in [1.82, 2.24) is 10.2 Å². The van der Waals surface area contributed by atoms with Gasteiger partial charge in [-0.2, -0.15) is 0 Å². The van der Waals surface area contributed by atoms with Gasteiger partial charge in [0, 0.05) is 25.7 Å². The van der Waals surface area contributed by atoms with Crippen molar-refractivity contribution in [3.8, 4) is 0 Å². The summed E-state index contributed by atoms with van der Waals surface area (Å²) >= 11 is 0. The van der Waals surface area contributed by atoms with E-state index in [1.807, 2.05) is 58.2 Å². The molecule has 2 amide bonds. The van der Waals surface area contributed by atoms with Crippen LogP contribution in [0.2, 0.25) is 0 Å². The van der Waals surface area contributed by atoms with Crippen molar-refractivity contribution >= 4 is 11.8 Å². The zero-order chi connectivity index (χ0) is 18.9. The van der Waals surface area contributed by atoms with Crippen LogP contribution in [-0.2, 0) is 20.9 Å². The molecule has 2 N–H and O–H groups in total. The maximum Gasteiger partial charge on any atom is 0.278 e. The number of carbonyl (C=O) groups is 2. The van der Waals surface area contributed by atoms with E-state index in [0.29, 0.717) is 19.7 Å². The lowest BCUT2D eigenvalue weighted by Crippen LogP contribution is -3.11. The molecule has 25 heavy (non-hydrogen) atoms. The molecule has 0 aliphatic carbocycles. The Kier molecular flexibility index (Phi) is 8.58. The number of ether oxygens (including phenoxy) is 1.